The molecule has 1 aromatic carbocycles. The second-order valence-corrected chi connectivity index (χ2v) is 3.64. The van der Waals surface area contributed by atoms with Crippen molar-refractivity contribution in [2.45, 2.75) is 27.3 Å². The van der Waals surface area contributed by atoms with Crippen molar-refractivity contribution in [3.8, 4) is 0 Å². The summed E-state index contributed by atoms with van der Waals surface area (Å²) in [5.41, 5.74) is 2.90. The number of Topliss-reactive ketones (excluding diaryl/α,β-unsaturated/α-hetero) is 1. The summed E-state index contributed by atoms with van der Waals surface area (Å²) < 4.78 is 0. The quantitative estimate of drug-likeness (QED) is 0.434. The molecule has 0 aliphatic rings. The van der Waals surface area contributed by atoms with Gasteiger partial charge in [-0.05, 0) is 44.0 Å². The third-order valence-electron chi connectivity index (χ3n) is 2.40. The minimum atomic E-state index is -0.420. The van der Waals surface area contributed by atoms with Gasteiger partial charge in [-0.3, -0.25) is 14.9 Å². The lowest BCUT2D eigenvalue weighted by atomic mass is 9.98. The van der Waals surface area contributed by atoms with Crippen LogP contribution in [0.1, 0.15) is 34.0 Å². The van der Waals surface area contributed by atoms with Crippen LogP contribution in [0.5, 0.6) is 0 Å². The first-order valence-electron chi connectivity index (χ1n) is 4.64. The van der Waals surface area contributed by atoms with Crippen molar-refractivity contribution in [2.24, 2.45) is 0 Å². The van der Waals surface area contributed by atoms with Gasteiger partial charge in [-0.25, -0.2) is 0 Å². The number of hydrogen-bond donors (Lipinski definition) is 0. The summed E-state index contributed by atoms with van der Waals surface area (Å²) in [6, 6.07) is 3.44. The molecule has 4 heteroatoms. The molecule has 1 aromatic rings. The van der Waals surface area contributed by atoms with Crippen LogP contribution < -0.4 is 0 Å². The van der Waals surface area contributed by atoms with E-state index >= 15 is 0 Å². The fraction of sp³-hybridized carbons (Fsp3) is 0.364. The Morgan fingerprint density at radius 2 is 1.87 bits per heavy atom. The standard InChI is InChI=1S/C11H13NO3/c1-7-4-10(6-12(14)15)11(9(3)13)5-8(7)2/h4-5H,6H2,1-3H3. The Bertz CT molecular complexity index is 424. The number of hydrogen-bond acceptors (Lipinski definition) is 3. The van der Waals surface area contributed by atoms with Crippen LogP contribution in [0.25, 0.3) is 0 Å². The van der Waals surface area contributed by atoms with E-state index in [0.29, 0.717) is 11.1 Å². The summed E-state index contributed by atoms with van der Waals surface area (Å²) in [7, 11) is 0. The lowest BCUT2D eigenvalue weighted by Crippen LogP contribution is -2.06. The van der Waals surface area contributed by atoms with Crippen molar-refractivity contribution in [3.63, 3.8) is 0 Å². The fourth-order valence-corrected chi connectivity index (χ4v) is 1.47. The molecule has 0 fully saturated rings. The van der Waals surface area contributed by atoms with E-state index in [9.17, 15) is 14.9 Å². The Kier molecular flexibility index (Phi) is 3.19. The molecule has 0 bridgehead atoms. The van der Waals surface area contributed by atoms with Crippen molar-refractivity contribution >= 4 is 5.78 Å². The van der Waals surface area contributed by atoms with Crippen molar-refractivity contribution in [3.05, 3.63) is 44.5 Å². The van der Waals surface area contributed by atoms with Crippen molar-refractivity contribution in [2.75, 3.05) is 0 Å². The minimum absolute atomic E-state index is 0.130. The summed E-state index contributed by atoms with van der Waals surface area (Å²) >= 11 is 0. The van der Waals surface area contributed by atoms with Crippen LogP contribution >= 0.6 is 0 Å². The zero-order valence-electron chi connectivity index (χ0n) is 9.03. The molecule has 0 heterocycles. The smallest absolute Gasteiger partial charge is 0.229 e. The van der Waals surface area contributed by atoms with E-state index in [0.717, 1.165) is 11.1 Å². The van der Waals surface area contributed by atoms with Gasteiger partial charge in [0.2, 0.25) is 6.54 Å². The van der Waals surface area contributed by atoms with Gasteiger partial charge in [0.05, 0.1) is 0 Å². The molecule has 0 aliphatic heterocycles. The van der Waals surface area contributed by atoms with Crippen molar-refractivity contribution in [1.29, 1.82) is 0 Å². The topological polar surface area (TPSA) is 60.2 Å². The summed E-state index contributed by atoms with van der Waals surface area (Å²) in [6.07, 6.45) is 0. The molecule has 0 unspecified atom stereocenters. The molecule has 80 valence electrons. The highest BCUT2D eigenvalue weighted by Gasteiger charge is 2.13. The van der Waals surface area contributed by atoms with Gasteiger partial charge >= 0.3 is 0 Å². The Morgan fingerprint density at radius 1 is 1.33 bits per heavy atom. The zero-order valence-corrected chi connectivity index (χ0v) is 9.03. The average molecular weight is 207 g/mol. The highest BCUT2D eigenvalue weighted by atomic mass is 16.6. The van der Waals surface area contributed by atoms with Crippen LogP contribution in [0.15, 0.2) is 12.1 Å². The molecular weight excluding hydrogens is 194 g/mol. The maximum atomic E-state index is 11.3. The number of carbonyl (C=O) groups is 1. The molecule has 4 nitrogen and oxygen atoms in total. The molecule has 0 atom stereocenters. The normalized spacial score (nSPS) is 10.1. The Hall–Kier alpha value is -1.71. The number of carbonyl (C=O) groups excluding carboxylic acids is 1. The summed E-state index contributed by atoms with van der Waals surface area (Å²) in [4.78, 5) is 21.3. The van der Waals surface area contributed by atoms with Gasteiger partial charge in [0, 0.05) is 16.1 Å². The molecule has 0 radical (unpaired) electrons. The number of nitro groups is 1. The number of benzene rings is 1. The molecule has 0 spiro atoms. The molecule has 0 amide bonds. The van der Waals surface area contributed by atoms with E-state index in [1.54, 1.807) is 12.1 Å². The first-order valence-corrected chi connectivity index (χ1v) is 4.64. The first kappa shape index (κ1) is 11.4. The Morgan fingerprint density at radius 3 is 2.33 bits per heavy atom. The highest BCUT2D eigenvalue weighted by Crippen LogP contribution is 2.17. The third kappa shape index (κ3) is 2.62. The highest BCUT2D eigenvalue weighted by molar-refractivity contribution is 5.95. The summed E-state index contributed by atoms with van der Waals surface area (Å²) in [6.45, 7) is 4.89. The third-order valence-corrected chi connectivity index (χ3v) is 2.40. The average Bonchev–Trinajstić information content (AvgIpc) is 2.09. The predicted octanol–water partition coefficient (Wildman–Crippen LogP) is 2.28. The summed E-state index contributed by atoms with van der Waals surface area (Å²) in [5.74, 6) is -0.130. The largest absolute Gasteiger partial charge is 0.294 e. The number of rotatable bonds is 3. The van der Waals surface area contributed by atoms with Crippen LogP contribution in [0, 0.1) is 24.0 Å². The molecular formula is C11H13NO3. The van der Waals surface area contributed by atoms with Crippen molar-refractivity contribution in [1.82, 2.24) is 0 Å². The molecule has 0 aliphatic carbocycles. The molecule has 0 saturated carbocycles. The molecule has 0 N–H and O–H groups in total. The van der Waals surface area contributed by atoms with Crippen LogP contribution in [-0.4, -0.2) is 10.7 Å². The van der Waals surface area contributed by atoms with E-state index in [1.165, 1.54) is 6.92 Å². The van der Waals surface area contributed by atoms with Gasteiger partial charge in [-0.2, -0.15) is 0 Å². The molecule has 1 rings (SSSR count). The number of nitrogens with zero attached hydrogens (tertiary/aromatic N) is 1. The Balaban J connectivity index is 3.28. The predicted molar refractivity (Wildman–Crippen MR) is 56.6 cm³/mol. The summed E-state index contributed by atoms with van der Waals surface area (Å²) in [5, 5.41) is 10.4. The zero-order chi connectivity index (χ0) is 11.6. The van der Waals surface area contributed by atoms with Gasteiger partial charge in [0.1, 0.15) is 0 Å². The van der Waals surface area contributed by atoms with E-state index in [4.69, 9.17) is 0 Å². The van der Waals surface area contributed by atoms with E-state index in [-0.39, 0.29) is 12.3 Å². The monoisotopic (exact) mass is 207 g/mol. The SMILES string of the molecule is CC(=O)c1cc(C)c(C)cc1C[N+](=O)[O-]. The van der Waals surface area contributed by atoms with E-state index in [1.807, 2.05) is 13.8 Å². The second-order valence-electron chi connectivity index (χ2n) is 3.64. The van der Waals surface area contributed by atoms with E-state index in [2.05, 4.69) is 0 Å². The second kappa shape index (κ2) is 4.21. The lowest BCUT2D eigenvalue weighted by molar-refractivity contribution is -0.496. The maximum Gasteiger partial charge on any atom is 0.229 e. The van der Waals surface area contributed by atoms with Crippen molar-refractivity contribution < 1.29 is 9.72 Å². The van der Waals surface area contributed by atoms with Gasteiger partial charge in [-0.15, -0.1) is 0 Å². The minimum Gasteiger partial charge on any atom is -0.294 e. The molecule has 0 saturated heterocycles. The fourth-order valence-electron chi connectivity index (χ4n) is 1.47. The van der Waals surface area contributed by atoms with Crippen LogP contribution in [0.3, 0.4) is 0 Å². The number of aryl methyl sites for hydroxylation is 2. The lowest BCUT2D eigenvalue weighted by Gasteiger charge is -2.07. The van der Waals surface area contributed by atoms with Gasteiger partial charge in [0.25, 0.3) is 0 Å². The Labute approximate surface area is 88.1 Å². The van der Waals surface area contributed by atoms with Crippen LogP contribution in [0.4, 0.5) is 0 Å². The number of ketones is 1. The van der Waals surface area contributed by atoms with Gasteiger partial charge in [0.15, 0.2) is 5.78 Å². The molecule has 0 aromatic heterocycles. The van der Waals surface area contributed by atoms with E-state index < -0.39 is 4.92 Å². The molecule has 15 heavy (non-hydrogen) atoms. The first-order chi connectivity index (χ1) is 6.91. The van der Waals surface area contributed by atoms with Gasteiger partial charge in [-0.1, -0.05) is 0 Å². The maximum absolute atomic E-state index is 11.3. The van der Waals surface area contributed by atoms with Crippen LogP contribution in [-0.2, 0) is 6.54 Å². The van der Waals surface area contributed by atoms with Crippen LogP contribution in [0.2, 0.25) is 0 Å². The van der Waals surface area contributed by atoms with Gasteiger partial charge < -0.3 is 0 Å².